The summed E-state index contributed by atoms with van der Waals surface area (Å²) >= 11 is 6.16. The monoisotopic (exact) mass is 391 g/mol. The molecule has 0 unspecified atom stereocenters. The van der Waals surface area contributed by atoms with Gasteiger partial charge in [0.2, 0.25) is 0 Å². The Morgan fingerprint density at radius 3 is 2.96 bits per heavy atom. The topological polar surface area (TPSA) is 77.7 Å². The van der Waals surface area contributed by atoms with E-state index in [4.69, 9.17) is 11.6 Å². The van der Waals surface area contributed by atoms with Crippen LogP contribution in [0.2, 0.25) is 5.02 Å². The maximum atomic E-state index is 13.3. The van der Waals surface area contributed by atoms with Gasteiger partial charge in [-0.2, -0.15) is 5.10 Å². The Bertz CT molecular complexity index is 1150. The van der Waals surface area contributed by atoms with E-state index in [0.717, 1.165) is 41.6 Å². The van der Waals surface area contributed by atoms with Crippen LogP contribution in [0.3, 0.4) is 0 Å². The van der Waals surface area contributed by atoms with Gasteiger partial charge in [-0.25, -0.2) is 4.98 Å². The minimum atomic E-state index is 0.0200. The Balaban J connectivity index is 1.48. The third kappa shape index (κ3) is 2.86. The van der Waals surface area contributed by atoms with Crippen LogP contribution in [0.15, 0.2) is 55.0 Å². The van der Waals surface area contributed by atoms with E-state index in [1.54, 1.807) is 18.6 Å². The summed E-state index contributed by atoms with van der Waals surface area (Å²) in [6, 6.07) is 11.7. The Morgan fingerprint density at radius 1 is 1.21 bits per heavy atom. The number of rotatable bonds is 3. The summed E-state index contributed by atoms with van der Waals surface area (Å²) in [5.74, 6) is 0.0200. The van der Waals surface area contributed by atoms with Crippen LogP contribution in [0.1, 0.15) is 34.8 Å². The van der Waals surface area contributed by atoms with Gasteiger partial charge in [0.15, 0.2) is 0 Å². The lowest BCUT2D eigenvalue weighted by molar-refractivity contribution is 0.0737. The van der Waals surface area contributed by atoms with Crippen molar-refractivity contribution in [3.63, 3.8) is 0 Å². The molecule has 1 saturated heterocycles. The molecule has 1 aromatic carbocycles. The van der Waals surface area contributed by atoms with Crippen LogP contribution >= 0.6 is 11.6 Å². The number of fused-ring (bicyclic) bond motifs is 1. The highest BCUT2D eigenvalue weighted by molar-refractivity contribution is 6.30. The first-order chi connectivity index (χ1) is 13.7. The lowest BCUT2D eigenvalue weighted by Crippen LogP contribution is -2.30. The summed E-state index contributed by atoms with van der Waals surface area (Å²) < 4.78 is 0. The van der Waals surface area contributed by atoms with Gasteiger partial charge in [0, 0.05) is 34.9 Å². The van der Waals surface area contributed by atoms with Gasteiger partial charge in [-0.1, -0.05) is 23.7 Å². The number of benzene rings is 1. The zero-order valence-corrected chi connectivity index (χ0v) is 15.8. The number of halogens is 1. The van der Waals surface area contributed by atoms with Crippen molar-refractivity contribution >= 4 is 28.5 Å². The Kier molecular flexibility index (Phi) is 4.13. The van der Waals surface area contributed by atoms with E-state index in [9.17, 15) is 4.79 Å². The molecule has 0 aliphatic carbocycles. The molecule has 6 nitrogen and oxygen atoms in total. The van der Waals surface area contributed by atoms with Crippen molar-refractivity contribution in [2.24, 2.45) is 0 Å². The molecule has 3 aromatic heterocycles. The van der Waals surface area contributed by atoms with Crippen molar-refractivity contribution in [1.82, 2.24) is 25.1 Å². The standard InChI is InChI=1S/C21H18ClN5O/c22-15-4-1-3-13(9-15)19-5-2-8-27(19)21(28)17-12-23-20-16(17)6-7-18(26-20)14-10-24-25-11-14/h1,3-4,6-7,9-12,19H,2,5,8H2,(H,23,26)(H,24,25)/t19-/m1/s1. The van der Waals surface area contributed by atoms with Crippen LogP contribution < -0.4 is 0 Å². The Hall–Kier alpha value is -3.12. The molecule has 0 saturated carbocycles. The molecule has 4 heterocycles. The van der Waals surface area contributed by atoms with Crippen molar-refractivity contribution in [2.75, 3.05) is 6.54 Å². The fourth-order valence-corrected chi connectivity index (χ4v) is 4.16. The summed E-state index contributed by atoms with van der Waals surface area (Å²) in [6.07, 6.45) is 7.20. The normalized spacial score (nSPS) is 16.8. The van der Waals surface area contributed by atoms with Crippen molar-refractivity contribution in [1.29, 1.82) is 0 Å². The van der Waals surface area contributed by atoms with Gasteiger partial charge in [0.25, 0.3) is 5.91 Å². The summed E-state index contributed by atoms with van der Waals surface area (Å²) in [6.45, 7) is 0.739. The SMILES string of the molecule is O=C(c1c[nH]c2nc(-c3cn[nH]c3)ccc12)N1CCC[C@@H]1c1cccc(Cl)c1. The van der Waals surface area contributed by atoms with Crippen LogP contribution in [0.4, 0.5) is 0 Å². The van der Waals surface area contributed by atoms with E-state index in [-0.39, 0.29) is 11.9 Å². The molecular formula is C21H18ClN5O. The number of carbonyl (C=O) groups excluding carboxylic acids is 1. The number of hydrogen-bond donors (Lipinski definition) is 2. The molecule has 140 valence electrons. The minimum Gasteiger partial charge on any atom is -0.345 e. The van der Waals surface area contributed by atoms with Gasteiger partial charge in [-0.15, -0.1) is 0 Å². The number of likely N-dealkylation sites (tertiary alicyclic amines) is 1. The molecule has 7 heteroatoms. The second kappa shape index (κ2) is 6.80. The third-order valence-corrected chi connectivity index (χ3v) is 5.55. The number of pyridine rings is 1. The van der Waals surface area contributed by atoms with E-state index in [1.807, 2.05) is 41.3 Å². The Labute approximate surface area is 166 Å². The number of nitrogens with zero attached hydrogens (tertiary/aromatic N) is 3. The first kappa shape index (κ1) is 17.0. The van der Waals surface area contributed by atoms with Gasteiger partial charge in [0.1, 0.15) is 5.65 Å². The molecule has 1 amide bonds. The number of amides is 1. The molecule has 28 heavy (non-hydrogen) atoms. The predicted molar refractivity (Wildman–Crippen MR) is 108 cm³/mol. The fraction of sp³-hybridized carbons (Fsp3) is 0.190. The van der Waals surface area contributed by atoms with Crippen molar-refractivity contribution < 1.29 is 4.79 Å². The predicted octanol–water partition coefficient (Wildman–Crippen LogP) is 4.58. The maximum Gasteiger partial charge on any atom is 0.256 e. The number of nitrogens with one attached hydrogen (secondary N) is 2. The average Bonchev–Trinajstić information content (AvgIpc) is 3.47. The van der Waals surface area contributed by atoms with Gasteiger partial charge in [0.05, 0.1) is 23.5 Å². The van der Waals surface area contributed by atoms with Gasteiger partial charge >= 0.3 is 0 Å². The molecule has 0 radical (unpaired) electrons. The quantitative estimate of drug-likeness (QED) is 0.536. The first-order valence-electron chi connectivity index (χ1n) is 9.24. The molecule has 1 atom stereocenters. The van der Waals surface area contributed by atoms with Crippen molar-refractivity contribution in [2.45, 2.75) is 18.9 Å². The second-order valence-electron chi connectivity index (χ2n) is 6.99. The van der Waals surface area contributed by atoms with E-state index in [1.165, 1.54) is 0 Å². The van der Waals surface area contributed by atoms with Crippen LogP contribution in [0.25, 0.3) is 22.3 Å². The summed E-state index contributed by atoms with van der Waals surface area (Å²) in [5.41, 5.74) is 4.14. The number of aromatic nitrogens is 4. The molecule has 0 spiro atoms. The minimum absolute atomic E-state index is 0.0200. The number of aromatic amines is 2. The number of carbonyl (C=O) groups is 1. The second-order valence-corrected chi connectivity index (χ2v) is 7.43. The van der Waals surface area contributed by atoms with E-state index in [2.05, 4.69) is 20.2 Å². The van der Waals surface area contributed by atoms with Crippen molar-refractivity contribution in [3.8, 4) is 11.3 Å². The Morgan fingerprint density at radius 2 is 2.14 bits per heavy atom. The third-order valence-electron chi connectivity index (χ3n) is 5.31. The fourth-order valence-electron chi connectivity index (χ4n) is 3.96. The summed E-state index contributed by atoms with van der Waals surface area (Å²) in [7, 11) is 0. The highest BCUT2D eigenvalue weighted by Crippen LogP contribution is 2.35. The molecular weight excluding hydrogens is 374 g/mol. The largest absolute Gasteiger partial charge is 0.345 e. The lowest BCUT2D eigenvalue weighted by atomic mass is 10.0. The summed E-state index contributed by atoms with van der Waals surface area (Å²) in [4.78, 5) is 23.1. The number of H-pyrrole nitrogens is 2. The summed E-state index contributed by atoms with van der Waals surface area (Å²) in [5, 5.41) is 8.28. The zero-order chi connectivity index (χ0) is 19.1. The lowest BCUT2D eigenvalue weighted by Gasteiger charge is -2.25. The van der Waals surface area contributed by atoms with E-state index in [0.29, 0.717) is 16.2 Å². The van der Waals surface area contributed by atoms with Crippen LogP contribution in [0, 0.1) is 0 Å². The van der Waals surface area contributed by atoms with Crippen LogP contribution in [-0.2, 0) is 0 Å². The molecule has 2 N–H and O–H groups in total. The molecule has 5 rings (SSSR count). The zero-order valence-electron chi connectivity index (χ0n) is 15.0. The van der Waals surface area contributed by atoms with Gasteiger partial charge < -0.3 is 9.88 Å². The van der Waals surface area contributed by atoms with Gasteiger partial charge in [-0.3, -0.25) is 9.89 Å². The van der Waals surface area contributed by atoms with Gasteiger partial charge in [-0.05, 0) is 42.7 Å². The van der Waals surface area contributed by atoms with E-state index >= 15 is 0 Å². The smallest absolute Gasteiger partial charge is 0.256 e. The molecule has 1 fully saturated rings. The number of hydrogen-bond acceptors (Lipinski definition) is 3. The van der Waals surface area contributed by atoms with Crippen molar-refractivity contribution in [3.05, 3.63) is 71.1 Å². The average molecular weight is 392 g/mol. The molecule has 0 bridgehead atoms. The molecule has 4 aromatic rings. The highest BCUT2D eigenvalue weighted by Gasteiger charge is 2.32. The first-order valence-corrected chi connectivity index (χ1v) is 9.62. The van der Waals surface area contributed by atoms with Crippen LogP contribution in [0.5, 0.6) is 0 Å². The van der Waals surface area contributed by atoms with Crippen LogP contribution in [-0.4, -0.2) is 37.5 Å². The maximum absolute atomic E-state index is 13.3. The molecule has 1 aliphatic heterocycles. The highest BCUT2D eigenvalue weighted by atomic mass is 35.5. The van der Waals surface area contributed by atoms with E-state index < -0.39 is 0 Å². The molecule has 1 aliphatic rings.